The fourth-order valence-corrected chi connectivity index (χ4v) is 1.21. The molecule has 0 unspecified atom stereocenters. The molecular formula is C12H16N2O. The van der Waals surface area contributed by atoms with Crippen molar-refractivity contribution in [1.82, 2.24) is 5.32 Å². The van der Waals surface area contributed by atoms with Gasteiger partial charge in [-0.15, -0.1) is 0 Å². The summed E-state index contributed by atoms with van der Waals surface area (Å²) in [6, 6.07) is 9.45. The maximum atomic E-state index is 11.1. The van der Waals surface area contributed by atoms with Crippen LogP contribution in [0.5, 0.6) is 0 Å². The molecule has 0 aliphatic heterocycles. The van der Waals surface area contributed by atoms with E-state index in [9.17, 15) is 4.79 Å². The summed E-state index contributed by atoms with van der Waals surface area (Å²) in [7, 11) is 1.59. The van der Waals surface area contributed by atoms with Crippen molar-refractivity contribution in [1.29, 1.82) is 0 Å². The van der Waals surface area contributed by atoms with Crippen LogP contribution in [0.4, 0.5) is 0 Å². The zero-order valence-corrected chi connectivity index (χ0v) is 8.81. The Kier molecular flexibility index (Phi) is 4.57. The second kappa shape index (κ2) is 5.98. The Balaban J connectivity index is 2.43. The summed E-state index contributed by atoms with van der Waals surface area (Å²) in [5.41, 5.74) is 6.74. The predicted octanol–water partition coefficient (Wildman–Crippen LogP) is 1.16. The molecule has 3 N–H and O–H groups in total. The summed E-state index contributed by atoms with van der Waals surface area (Å²) in [5.74, 6) is -0.132. The van der Waals surface area contributed by atoms with Gasteiger partial charge in [-0.2, -0.15) is 0 Å². The zero-order chi connectivity index (χ0) is 11.1. The third-order valence-corrected chi connectivity index (χ3v) is 2.08. The van der Waals surface area contributed by atoms with Crippen LogP contribution in [0.25, 0.3) is 6.08 Å². The van der Waals surface area contributed by atoms with Gasteiger partial charge in [0.2, 0.25) is 5.91 Å². The maximum Gasteiger partial charge on any atom is 0.236 e. The molecule has 1 aromatic carbocycles. The smallest absolute Gasteiger partial charge is 0.236 e. The average Bonchev–Trinajstić information content (AvgIpc) is 2.29. The Labute approximate surface area is 90.0 Å². The lowest BCUT2D eigenvalue weighted by Crippen LogP contribution is -2.38. The second-order valence-corrected chi connectivity index (χ2v) is 3.27. The van der Waals surface area contributed by atoms with Crippen molar-refractivity contribution in [3.8, 4) is 0 Å². The molecule has 3 nitrogen and oxygen atoms in total. The van der Waals surface area contributed by atoms with Gasteiger partial charge < -0.3 is 11.1 Å². The summed E-state index contributed by atoms with van der Waals surface area (Å²) in [4.78, 5) is 11.1. The van der Waals surface area contributed by atoms with Gasteiger partial charge in [0.05, 0.1) is 6.04 Å². The number of rotatable bonds is 4. The third-order valence-electron chi connectivity index (χ3n) is 2.08. The summed E-state index contributed by atoms with van der Waals surface area (Å²) >= 11 is 0. The molecule has 0 aromatic heterocycles. The van der Waals surface area contributed by atoms with Gasteiger partial charge in [-0.3, -0.25) is 4.79 Å². The summed E-state index contributed by atoms with van der Waals surface area (Å²) in [6.07, 6.45) is 4.42. The average molecular weight is 204 g/mol. The number of carbonyl (C=O) groups excluding carboxylic acids is 1. The van der Waals surface area contributed by atoms with Crippen LogP contribution in [0.3, 0.4) is 0 Å². The standard InChI is InChI=1S/C12H16N2O/c1-14-12(15)11(13)9-5-8-10-6-3-2-4-7-10/h2-8,11H,9,13H2,1H3,(H,14,15)/b8-5+/t11-/m0/s1. The van der Waals surface area contributed by atoms with E-state index in [0.29, 0.717) is 6.42 Å². The number of carbonyl (C=O) groups is 1. The first-order chi connectivity index (χ1) is 7.24. The van der Waals surface area contributed by atoms with Crippen molar-refractivity contribution in [2.24, 2.45) is 5.73 Å². The van der Waals surface area contributed by atoms with Crippen molar-refractivity contribution in [2.45, 2.75) is 12.5 Å². The highest BCUT2D eigenvalue weighted by Gasteiger charge is 2.07. The van der Waals surface area contributed by atoms with E-state index in [1.807, 2.05) is 42.5 Å². The van der Waals surface area contributed by atoms with Crippen molar-refractivity contribution < 1.29 is 4.79 Å². The van der Waals surface area contributed by atoms with E-state index < -0.39 is 6.04 Å². The van der Waals surface area contributed by atoms with E-state index in [-0.39, 0.29) is 5.91 Å². The highest BCUT2D eigenvalue weighted by molar-refractivity contribution is 5.81. The number of likely N-dealkylation sites (N-methyl/N-ethyl adjacent to an activating group) is 1. The molecule has 1 aromatic rings. The van der Waals surface area contributed by atoms with E-state index in [1.165, 1.54) is 0 Å². The molecule has 0 spiro atoms. The van der Waals surface area contributed by atoms with Crippen LogP contribution in [0.15, 0.2) is 36.4 Å². The molecule has 0 saturated carbocycles. The lowest BCUT2D eigenvalue weighted by Gasteiger charge is -2.05. The number of benzene rings is 1. The number of nitrogens with two attached hydrogens (primary N) is 1. The second-order valence-electron chi connectivity index (χ2n) is 3.27. The minimum absolute atomic E-state index is 0.132. The fraction of sp³-hybridized carbons (Fsp3) is 0.250. The molecule has 0 saturated heterocycles. The van der Waals surface area contributed by atoms with Gasteiger partial charge in [-0.05, 0) is 12.0 Å². The van der Waals surface area contributed by atoms with Crippen LogP contribution in [0, 0.1) is 0 Å². The van der Waals surface area contributed by atoms with Gasteiger partial charge in [-0.25, -0.2) is 0 Å². The maximum absolute atomic E-state index is 11.1. The molecule has 1 amide bonds. The molecule has 3 heteroatoms. The van der Waals surface area contributed by atoms with Gasteiger partial charge in [-0.1, -0.05) is 42.5 Å². The molecule has 15 heavy (non-hydrogen) atoms. The highest BCUT2D eigenvalue weighted by atomic mass is 16.2. The Hall–Kier alpha value is -1.61. The molecule has 1 rings (SSSR count). The quantitative estimate of drug-likeness (QED) is 0.773. The van der Waals surface area contributed by atoms with Crippen LogP contribution < -0.4 is 11.1 Å². The van der Waals surface area contributed by atoms with Crippen LogP contribution in [-0.4, -0.2) is 19.0 Å². The minimum Gasteiger partial charge on any atom is -0.358 e. The zero-order valence-electron chi connectivity index (χ0n) is 8.81. The van der Waals surface area contributed by atoms with E-state index >= 15 is 0 Å². The van der Waals surface area contributed by atoms with E-state index in [1.54, 1.807) is 7.05 Å². The third kappa shape index (κ3) is 3.95. The lowest BCUT2D eigenvalue weighted by molar-refractivity contribution is -0.121. The van der Waals surface area contributed by atoms with Gasteiger partial charge in [0.1, 0.15) is 0 Å². The Morgan fingerprint density at radius 1 is 1.47 bits per heavy atom. The summed E-state index contributed by atoms with van der Waals surface area (Å²) in [6.45, 7) is 0. The number of amides is 1. The van der Waals surface area contributed by atoms with Gasteiger partial charge >= 0.3 is 0 Å². The largest absolute Gasteiger partial charge is 0.358 e. The number of hydrogen-bond acceptors (Lipinski definition) is 2. The predicted molar refractivity (Wildman–Crippen MR) is 62.1 cm³/mol. The summed E-state index contributed by atoms with van der Waals surface area (Å²) < 4.78 is 0. The molecule has 0 aliphatic carbocycles. The molecule has 0 radical (unpaired) electrons. The van der Waals surface area contributed by atoms with Crippen molar-refractivity contribution in [2.75, 3.05) is 7.05 Å². The highest BCUT2D eigenvalue weighted by Crippen LogP contribution is 2.02. The Morgan fingerprint density at radius 2 is 2.13 bits per heavy atom. The minimum atomic E-state index is -0.463. The number of nitrogens with one attached hydrogen (secondary N) is 1. The van der Waals surface area contributed by atoms with Crippen molar-refractivity contribution in [3.05, 3.63) is 42.0 Å². The first-order valence-corrected chi connectivity index (χ1v) is 4.93. The van der Waals surface area contributed by atoms with Gasteiger partial charge in [0, 0.05) is 7.05 Å². The van der Waals surface area contributed by atoms with E-state index in [2.05, 4.69) is 5.32 Å². The monoisotopic (exact) mass is 204 g/mol. The molecule has 0 fully saturated rings. The molecule has 0 heterocycles. The number of hydrogen-bond donors (Lipinski definition) is 2. The topological polar surface area (TPSA) is 55.1 Å². The van der Waals surface area contributed by atoms with Gasteiger partial charge in [0.25, 0.3) is 0 Å². The van der Waals surface area contributed by atoms with E-state index in [0.717, 1.165) is 5.56 Å². The molecular weight excluding hydrogens is 188 g/mol. The Morgan fingerprint density at radius 3 is 2.73 bits per heavy atom. The SMILES string of the molecule is CNC(=O)[C@@H](N)C/C=C/c1ccccc1. The fourth-order valence-electron chi connectivity index (χ4n) is 1.21. The molecule has 0 aliphatic rings. The first kappa shape index (κ1) is 11.5. The van der Waals surface area contributed by atoms with Crippen LogP contribution in [0.2, 0.25) is 0 Å². The van der Waals surface area contributed by atoms with Crippen molar-refractivity contribution >= 4 is 12.0 Å². The molecule has 0 bridgehead atoms. The van der Waals surface area contributed by atoms with Crippen LogP contribution in [0.1, 0.15) is 12.0 Å². The first-order valence-electron chi connectivity index (χ1n) is 4.93. The Bertz CT molecular complexity index is 333. The lowest BCUT2D eigenvalue weighted by atomic mass is 10.1. The normalized spacial score (nSPS) is 12.7. The summed E-state index contributed by atoms with van der Waals surface area (Å²) in [5, 5.41) is 2.52. The van der Waals surface area contributed by atoms with Crippen molar-refractivity contribution in [3.63, 3.8) is 0 Å². The van der Waals surface area contributed by atoms with Crippen LogP contribution >= 0.6 is 0 Å². The van der Waals surface area contributed by atoms with E-state index in [4.69, 9.17) is 5.73 Å². The molecule has 80 valence electrons. The van der Waals surface area contributed by atoms with Gasteiger partial charge in [0.15, 0.2) is 0 Å². The van der Waals surface area contributed by atoms with Crippen LogP contribution in [-0.2, 0) is 4.79 Å². The molecule has 1 atom stereocenters.